The summed E-state index contributed by atoms with van der Waals surface area (Å²) in [6.45, 7) is 0.529. The lowest BCUT2D eigenvalue weighted by atomic mass is 9.90. The predicted molar refractivity (Wildman–Crippen MR) is 106 cm³/mol. The van der Waals surface area contributed by atoms with Gasteiger partial charge in [0.25, 0.3) is 0 Å². The molecule has 0 radical (unpaired) electrons. The van der Waals surface area contributed by atoms with E-state index in [1.165, 1.54) is 6.33 Å². The van der Waals surface area contributed by atoms with E-state index in [4.69, 9.17) is 10.5 Å². The Balaban J connectivity index is 1.89. The SMILES string of the molecule is COc1ccc(-c2c(C#N)c(N)nc3c2CCCCC3)cc1Cn1cncn1. The van der Waals surface area contributed by atoms with E-state index >= 15 is 0 Å². The molecule has 1 aliphatic rings. The highest BCUT2D eigenvalue weighted by Crippen LogP contribution is 2.37. The van der Waals surface area contributed by atoms with Gasteiger partial charge in [-0.15, -0.1) is 0 Å². The zero-order valence-corrected chi connectivity index (χ0v) is 15.9. The second-order valence-corrected chi connectivity index (χ2v) is 6.96. The molecule has 3 aromatic rings. The third kappa shape index (κ3) is 3.29. The molecule has 0 saturated heterocycles. The molecule has 0 aliphatic heterocycles. The van der Waals surface area contributed by atoms with Crippen molar-refractivity contribution in [3.05, 3.63) is 53.2 Å². The second kappa shape index (κ2) is 7.69. The smallest absolute Gasteiger partial charge is 0.142 e. The van der Waals surface area contributed by atoms with Crippen LogP contribution in [0.2, 0.25) is 0 Å². The molecule has 2 aromatic heterocycles. The number of nitrogens with zero attached hydrogens (tertiary/aromatic N) is 5. The first-order valence-electron chi connectivity index (χ1n) is 9.42. The van der Waals surface area contributed by atoms with Crippen LogP contribution in [0.5, 0.6) is 5.75 Å². The maximum atomic E-state index is 9.79. The summed E-state index contributed by atoms with van der Waals surface area (Å²) < 4.78 is 7.28. The maximum absolute atomic E-state index is 9.79. The van der Waals surface area contributed by atoms with Gasteiger partial charge in [-0.05, 0) is 48.9 Å². The van der Waals surface area contributed by atoms with E-state index in [1.807, 2.05) is 12.1 Å². The van der Waals surface area contributed by atoms with Crippen molar-refractivity contribution in [2.45, 2.75) is 38.6 Å². The molecule has 7 nitrogen and oxygen atoms in total. The zero-order chi connectivity index (χ0) is 19.5. The van der Waals surface area contributed by atoms with E-state index in [-0.39, 0.29) is 0 Å². The number of aromatic nitrogens is 4. The fraction of sp³-hybridized carbons (Fsp3) is 0.333. The molecule has 7 heteroatoms. The molecular weight excluding hydrogens is 352 g/mol. The van der Waals surface area contributed by atoms with Crippen LogP contribution in [0.15, 0.2) is 30.9 Å². The Morgan fingerprint density at radius 1 is 1.25 bits per heavy atom. The number of pyridine rings is 1. The van der Waals surface area contributed by atoms with Gasteiger partial charge in [-0.3, -0.25) is 0 Å². The number of nitriles is 1. The number of hydrogen-bond acceptors (Lipinski definition) is 6. The van der Waals surface area contributed by atoms with Gasteiger partial charge in [-0.25, -0.2) is 14.6 Å². The summed E-state index contributed by atoms with van der Waals surface area (Å²) in [5.41, 5.74) is 11.6. The number of aryl methyl sites for hydroxylation is 1. The first kappa shape index (κ1) is 18.0. The Morgan fingerprint density at radius 3 is 2.86 bits per heavy atom. The van der Waals surface area contributed by atoms with Gasteiger partial charge in [0.1, 0.15) is 35.9 Å². The van der Waals surface area contributed by atoms with Crippen LogP contribution in [-0.4, -0.2) is 26.9 Å². The summed E-state index contributed by atoms with van der Waals surface area (Å²) in [4.78, 5) is 8.56. The Hall–Kier alpha value is -3.40. The quantitative estimate of drug-likeness (QED) is 0.704. The number of ether oxygens (including phenoxy) is 1. The van der Waals surface area contributed by atoms with Crippen molar-refractivity contribution < 1.29 is 4.74 Å². The number of benzene rings is 1. The lowest BCUT2D eigenvalue weighted by molar-refractivity contribution is 0.407. The highest BCUT2D eigenvalue weighted by Gasteiger charge is 2.22. The monoisotopic (exact) mass is 374 g/mol. The van der Waals surface area contributed by atoms with Crippen molar-refractivity contribution >= 4 is 5.82 Å². The minimum absolute atomic E-state index is 0.312. The lowest BCUT2D eigenvalue weighted by Gasteiger charge is -2.17. The Kier molecular flexibility index (Phi) is 4.94. The van der Waals surface area contributed by atoms with E-state index in [9.17, 15) is 5.26 Å². The fourth-order valence-electron chi connectivity index (χ4n) is 3.92. The summed E-state index contributed by atoms with van der Waals surface area (Å²) in [5.74, 6) is 1.08. The van der Waals surface area contributed by atoms with Gasteiger partial charge in [0.15, 0.2) is 0 Å². The molecular formula is C21H22N6O. The largest absolute Gasteiger partial charge is 0.496 e. The van der Waals surface area contributed by atoms with Crippen LogP contribution in [-0.2, 0) is 19.4 Å². The Morgan fingerprint density at radius 2 is 2.11 bits per heavy atom. The Labute approximate surface area is 163 Å². The van der Waals surface area contributed by atoms with Crippen LogP contribution < -0.4 is 10.5 Å². The number of anilines is 1. The van der Waals surface area contributed by atoms with E-state index in [0.717, 1.165) is 65.8 Å². The molecule has 0 atom stereocenters. The Bertz CT molecular complexity index is 1040. The van der Waals surface area contributed by atoms with Crippen molar-refractivity contribution in [1.29, 1.82) is 5.26 Å². The molecule has 0 amide bonds. The fourth-order valence-corrected chi connectivity index (χ4v) is 3.92. The van der Waals surface area contributed by atoms with Crippen LogP contribution in [0.3, 0.4) is 0 Å². The van der Waals surface area contributed by atoms with Gasteiger partial charge in [0.2, 0.25) is 0 Å². The molecule has 0 bridgehead atoms. The maximum Gasteiger partial charge on any atom is 0.142 e. The van der Waals surface area contributed by atoms with Crippen LogP contribution in [0.25, 0.3) is 11.1 Å². The van der Waals surface area contributed by atoms with Crippen molar-refractivity contribution in [2.75, 3.05) is 12.8 Å². The number of rotatable bonds is 4. The minimum Gasteiger partial charge on any atom is -0.496 e. The van der Waals surface area contributed by atoms with Gasteiger partial charge >= 0.3 is 0 Å². The predicted octanol–water partition coefficient (Wildman–Crippen LogP) is 3.12. The van der Waals surface area contributed by atoms with Crippen molar-refractivity contribution in [2.24, 2.45) is 0 Å². The first-order chi connectivity index (χ1) is 13.7. The van der Waals surface area contributed by atoms with E-state index in [0.29, 0.717) is 17.9 Å². The third-order valence-corrected chi connectivity index (χ3v) is 5.23. The molecule has 0 unspecified atom stereocenters. The third-order valence-electron chi connectivity index (χ3n) is 5.23. The summed E-state index contributed by atoms with van der Waals surface area (Å²) in [6, 6.07) is 8.26. The molecule has 2 N–H and O–H groups in total. The second-order valence-electron chi connectivity index (χ2n) is 6.96. The average Bonchev–Trinajstić information content (AvgIpc) is 3.10. The summed E-state index contributed by atoms with van der Waals surface area (Å²) in [7, 11) is 1.65. The lowest BCUT2D eigenvalue weighted by Crippen LogP contribution is -2.08. The van der Waals surface area contributed by atoms with Crippen LogP contribution >= 0.6 is 0 Å². The molecule has 1 aliphatic carbocycles. The molecule has 0 fully saturated rings. The van der Waals surface area contributed by atoms with Gasteiger partial charge in [0.05, 0.1) is 13.7 Å². The minimum atomic E-state index is 0.312. The van der Waals surface area contributed by atoms with Gasteiger partial charge in [-0.1, -0.05) is 12.5 Å². The number of nitrogen functional groups attached to an aromatic ring is 1. The van der Waals surface area contributed by atoms with Crippen molar-refractivity contribution in [3.63, 3.8) is 0 Å². The average molecular weight is 374 g/mol. The van der Waals surface area contributed by atoms with Crippen molar-refractivity contribution in [1.82, 2.24) is 19.7 Å². The van der Waals surface area contributed by atoms with E-state index in [1.54, 1.807) is 18.1 Å². The number of methoxy groups -OCH3 is 1. The van der Waals surface area contributed by atoms with Crippen LogP contribution in [0.4, 0.5) is 5.82 Å². The summed E-state index contributed by atoms with van der Waals surface area (Å²) >= 11 is 0. The molecule has 4 rings (SSSR count). The van der Waals surface area contributed by atoms with Gasteiger partial charge in [-0.2, -0.15) is 10.4 Å². The molecule has 0 spiro atoms. The highest BCUT2D eigenvalue weighted by atomic mass is 16.5. The van der Waals surface area contributed by atoms with Crippen LogP contribution in [0.1, 0.15) is 41.6 Å². The van der Waals surface area contributed by atoms with Crippen molar-refractivity contribution in [3.8, 4) is 22.9 Å². The molecule has 1 aromatic carbocycles. The van der Waals surface area contributed by atoms with E-state index < -0.39 is 0 Å². The summed E-state index contributed by atoms with van der Waals surface area (Å²) in [6.07, 6.45) is 8.36. The van der Waals surface area contributed by atoms with Gasteiger partial charge in [0, 0.05) is 16.8 Å². The van der Waals surface area contributed by atoms with Gasteiger partial charge < -0.3 is 10.5 Å². The molecule has 28 heavy (non-hydrogen) atoms. The number of fused-ring (bicyclic) bond motifs is 1. The topological polar surface area (TPSA) is 103 Å². The highest BCUT2D eigenvalue weighted by molar-refractivity contribution is 5.80. The number of nitrogens with two attached hydrogens (primary N) is 1. The standard InChI is InChI=1S/C21H22N6O/c1-28-19-8-7-14(9-15(19)11-27-13-24-12-25-27)20-16-5-3-2-4-6-18(16)26-21(23)17(20)10-22/h7-9,12-13H,2-6,11H2,1H3,(H2,23,26). The number of hydrogen-bond donors (Lipinski definition) is 1. The molecule has 142 valence electrons. The normalized spacial score (nSPS) is 13.4. The molecule has 0 saturated carbocycles. The summed E-state index contributed by atoms with van der Waals surface area (Å²) in [5, 5.41) is 14.0. The van der Waals surface area contributed by atoms with E-state index in [2.05, 4.69) is 27.2 Å². The molecule has 2 heterocycles. The first-order valence-corrected chi connectivity index (χ1v) is 9.42. The zero-order valence-electron chi connectivity index (χ0n) is 15.9. The van der Waals surface area contributed by atoms with Crippen LogP contribution in [0, 0.1) is 11.3 Å².